The summed E-state index contributed by atoms with van der Waals surface area (Å²) in [6.45, 7) is 1.21. The largest absolute Gasteiger partial charge is 0.508 e. The highest BCUT2D eigenvalue weighted by Crippen LogP contribution is 2.12. The van der Waals surface area contributed by atoms with Gasteiger partial charge in [-0.1, -0.05) is 12.1 Å². The lowest BCUT2D eigenvalue weighted by atomic mass is 10.0. The second-order valence-corrected chi connectivity index (χ2v) is 8.88. The van der Waals surface area contributed by atoms with E-state index in [1.807, 2.05) is 0 Å². The molecular formula is C24H32N6O9. The van der Waals surface area contributed by atoms with E-state index in [2.05, 4.69) is 25.9 Å². The Labute approximate surface area is 222 Å². The predicted molar refractivity (Wildman–Crippen MR) is 134 cm³/mol. The molecule has 5 unspecified atom stereocenters. The number of phenolic OH excluding ortho intramolecular Hbond substituents is 1. The predicted octanol–water partition coefficient (Wildman–Crippen LogP) is -1.99. The lowest BCUT2D eigenvalue weighted by Gasteiger charge is -2.26. The lowest BCUT2D eigenvalue weighted by Crippen LogP contribution is -2.60. The Hall–Kier alpha value is -4.50. The fraction of sp³-hybridized carbons (Fsp3) is 0.417. The van der Waals surface area contributed by atoms with Crippen molar-refractivity contribution in [2.45, 2.75) is 62.9 Å². The first-order valence-electron chi connectivity index (χ1n) is 11.9. The number of nitrogens with zero attached hydrogens (tertiary/aromatic N) is 1. The summed E-state index contributed by atoms with van der Waals surface area (Å²) in [6, 6.07) is 0.149. The molecule has 1 aromatic heterocycles. The van der Waals surface area contributed by atoms with Gasteiger partial charge in [0.1, 0.15) is 23.9 Å². The Balaban J connectivity index is 2.19. The molecule has 2 aromatic rings. The Bertz CT molecular complexity index is 1140. The van der Waals surface area contributed by atoms with Crippen molar-refractivity contribution in [3.63, 3.8) is 0 Å². The number of aliphatic hydroxyl groups excluding tert-OH is 1. The van der Waals surface area contributed by atoms with Gasteiger partial charge in [-0.05, 0) is 31.0 Å². The first kappa shape index (κ1) is 30.7. The summed E-state index contributed by atoms with van der Waals surface area (Å²) >= 11 is 0. The van der Waals surface area contributed by atoms with Gasteiger partial charge in [0.15, 0.2) is 0 Å². The zero-order valence-electron chi connectivity index (χ0n) is 21.0. The molecule has 0 spiro atoms. The number of carboxylic acids is 2. The normalized spacial score (nSPS) is 14.7. The maximum atomic E-state index is 13.2. The van der Waals surface area contributed by atoms with E-state index in [4.69, 9.17) is 10.8 Å². The van der Waals surface area contributed by atoms with Gasteiger partial charge in [-0.25, -0.2) is 9.78 Å². The number of aromatic nitrogens is 2. The molecule has 0 saturated heterocycles. The highest BCUT2D eigenvalue weighted by molar-refractivity contribution is 5.94. The minimum atomic E-state index is -1.60. The number of H-pyrrole nitrogens is 1. The Morgan fingerprint density at radius 2 is 1.59 bits per heavy atom. The van der Waals surface area contributed by atoms with Crippen LogP contribution in [0, 0.1) is 0 Å². The van der Waals surface area contributed by atoms with E-state index in [1.54, 1.807) is 0 Å². The SMILES string of the molecule is CC(O)C(NC(=O)C(Cc1ccc(O)cc1)NC(=O)C(N)CCC(=O)O)C(=O)NC(Cc1cnc[nH]1)C(=O)O. The van der Waals surface area contributed by atoms with Crippen LogP contribution >= 0.6 is 0 Å². The molecular weight excluding hydrogens is 516 g/mol. The van der Waals surface area contributed by atoms with E-state index in [-0.39, 0.29) is 31.4 Å². The van der Waals surface area contributed by atoms with E-state index in [9.17, 15) is 39.3 Å². The van der Waals surface area contributed by atoms with Crippen LogP contribution in [-0.2, 0) is 36.8 Å². The molecule has 0 fully saturated rings. The summed E-state index contributed by atoms with van der Waals surface area (Å²) in [6.07, 6.45) is 0.430. The average Bonchev–Trinajstić information content (AvgIpc) is 3.38. The molecule has 15 nitrogen and oxygen atoms in total. The second kappa shape index (κ2) is 14.4. The van der Waals surface area contributed by atoms with E-state index >= 15 is 0 Å². The van der Waals surface area contributed by atoms with E-state index < -0.39 is 59.9 Å². The van der Waals surface area contributed by atoms with Crippen LogP contribution in [0.15, 0.2) is 36.8 Å². The van der Waals surface area contributed by atoms with E-state index in [0.717, 1.165) is 0 Å². The summed E-state index contributed by atoms with van der Waals surface area (Å²) in [5.41, 5.74) is 6.69. The van der Waals surface area contributed by atoms with Gasteiger partial charge < -0.3 is 47.1 Å². The van der Waals surface area contributed by atoms with Gasteiger partial charge in [0.05, 0.1) is 18.5 Å². The lowest BCUT2D eigenvalue weighted by molar-refractivity contribution is -0.143. The molecule has 0 saturated carbocycles. The smallest absolute Gasteiger partial charge is 0.326 e. The number of aromatic hydroxyl groups is 1. The van der Waals surface area contributed by atoms with Crippen LogP contribution < -0.4 is 21.7 Å². The molecule has 212 valence electrons. The fourth-order valence-electron chi connectivity index (χ4n) is 3.50. The number of phenols is 1. The number of aliphatic carboxylic acids is 2. The third-order valence-corrected chi connectivity index (χ3v) is 5.67. The van der Waals surface area contributed by atoms with Crippen molar-refractivity contribution in [3.05, 3.63) is 48.0 Å². The Morgan fingerprint density at radius 3 is 2.13 bits per heavy atom. The number of aromatic amines is 1. The zero-order chi connectivity index (χ0) is 29.1. The van der Waals surface area contributed by atoms with Gasteiger partial charge in [0, 0.05) is 31.2 Å². The van der Waals surface area contributed by atoms with E-state index in [1.165, 1.54) is 43.7 Å². The van der Waals surface area contributed by atoms with Crippen LogP contribution in [0.4, 0.5) is 0 Å². The molecule has 15 heteroatoms. The number of nitrogens with one attached hydrogen (secondary N) is 4. The van der Waals surface area contributed by atoms with Crippen LogP contribution in [0.5, 0.6) is 5.75 Å². The third kappa shape index (κ3) is 10.1. The number of carbonyl (C=O) groups excluding carboxylic acids is 3. The molecule has 0 aliphatic rings. The maximum absolute atomic E-state index is 13.2. The number of nitrogens with two attached hydrogens (primary N) is 1. The number of carboxylic acid groups (broad SMARTS) is 2. The topological polar surface area (TPSA) is 257 Å². The Kier molecular flexibility index (Phi) is 11.4. The summed E-state index contributed by atoms with van der Waals surface area (Å²) in [5, 5.41) is 45.1. The highest BCUT2D eigenvalue weighted by Gasteiger charge is 2.33. The third-order valence-electron chi connectivity index (χ3n) is 5.67. The molecule has 1 heterocycles. The molecule has 3 amide bonds. The van der Waals surface area contributed by atoms with Crippen molar-refractivity contribution in [2.75, 3.05) is 0 Å². The number of benzene rings is 1. The van der Waals surface area contributed by atoms with Crippen molar-refractivity contribution >= 4 is 29.7 Å². The quantitative estimate of drug-likeness (QED) is 0.118. The standard InChI is InChI=1S/C24H32N6O9/c1-12(31)20(23(37)29-18(24(38)39)9-14-10-26-11-27-14)30-22(36)17(8-13-2-4-15(32)5-3-13)28-21(35)16(25)6-7-19(33)34/h2-5,10-12,16-18,20,31-32H,6-9,25H2,1H3,(H,26,27)(H,28,35)(H,29,37)(H,30,36)(H,33,34)(H,38,39). The van der Waals surface area contributed by atoms with Crippen LogP contribution in [0.25, 0.3) is 0 Å². The van der Waals surface area contributed by atoms with Crippen molar-refractivity contribution in [1.29, 1.82) is 0 Å². The molecule has 0 bridgehead atoms. The Morgan fingerprint density at radius 1 is 0.949 bits per heavy atom. The second-order valence-electron chi connectivity index (χ2n) is 8.88. The van der Waals surface area contributed by atoms with Crippen molar-refractivity contribution in [3.8, 4) is 5.75 Å². The first-order valence-corrected chi connectivity index (χ1v) is 11.9. The van der Waals surface area contributed by atoms with E-state index in [0.29, 0.717) is 11.3 Å². The first-order chi connectivity index (χ1) is 18.4. The van der Waals surface area contributed by atoms with Crippen molar-refractivity contribution in [2.24, 2.45) is 5.73 Å². The summed E-state index contributed by atoms with van der Waals surface area (Å²) in [5.74, 6) is -5.26. The van der Waals surface area contributed by atoms with Crippen LogP contribution in [-0.4, -0.2) is 90.3 Å². The monoisotopic (exact) mass is 548 g/mol. The molecule has 5 atom stereocenters. The van der Waals surface area contributed by atoms with Crippen LogP contribution in [0.3, 0.4) is 0 Å². The molecule has 0 aliphatic carbocycles. The summed E-state index contributed by atoms with van der Waals surface area (Å²) < 4.78 is 0. The molecule has 1 aromatic carbocycles. The minimum Gasteiger partial charge on any atom is -0.508 e. The zero-order valence-corrected chi connectivity index (χ0v) is 21.0. The maximum Gasteiger partial charge on any atom is 0.326 e. The fourth-order valence-corrected chi connectivity index (χ4v) is 3.50. The number of hydrogen-bond acceptors (Lipinski definition) is 9. The molecule has 2 rings (SSSR count). The number of rotatable bonds is 15. The number of hydrogen-bond donors (Lipinski definition) is 9. The molecule has 0 aliphatic heterocycles. The molecule has 10 N–H and O–H groups in total. The number of carbonyl (C=O) groups is 5. The number of aliphatic hydroxyl groups is 1. The minimum absolute atomic E-state index is 0.0339. The van der Waals surface area contributed by atoms with Crippen LogP contribution in [0.2, 0.25) is 0 Å². The van der Waals surface area contributed by atoms with Gasteiger partial charge in [-0.15, -0.1) is 0 Å². The van der Waals surface area contributed by atoms with Crippen molar-refractivity contribution in [1.82, 2.24) is 25.9 Å². The number of amides is 3. The van der Waals surface area contributed by atoms with Gasteiger partial charge in [0.25, 0.3) is 0 Å². The highest BCUT2D eigenvalue weighted by atomic mass is 16.4. The van der Waals surface area contributed by atoms with Crippen LogP contribution in [0.1, 0.15) is 31.0 Å². The average molecular weight is 549 g/mol. The molecule has 39 heavy (non-hydrogen) atoms. The van der Waals surface area contributed by atoms with Gasteiger partial charge in [-0.3, -0.25) is 19.2 Å². The number of imidazole rings is 1. The summed E-state index contributed by atoms with van der Waals surface area (Å²) in [7, 11) is 0. The summed E-state index contributed by atoms with van der Waals surface area (Å²) in [4.78, 5) is 67.7. The van der Waals surface area contributed by atoms with Gasteiger partial charge in [-0.2, -0.15) is 0 Å². The van der Waals surface area contributed by atoms with Crippen molar-refractivity contribution < 1.29 is 44.4 Å². The van der Waals surface area contributed by atoms with Gasteiger partial charge >= 0.3 is 11.9 Å². The van der Waals surface area contributed by atoms with Gasteiger partial charge in [0.2, 0.25) is 17.7 Å². The molecule has 0 radical (unpaired) electrons.